The van der Waals surface area contributed by atoms with Crippen LogP contribution in [0.4, 0.5) is 5.82 Å². The lowest BCUT2D eigenvalue weighted by atomic mass is 10.1. The van der Waals surface area contributed by atoms with E-state index in [2.05, 4.69) is 15.2 Å². The van der Waals surface area contributed by atoms with E-state index in [1.54, 1.807) is 25.8 Å². The number of carbonyl (C=O) groups excluding carboxylic acids is 2. The summed E-state index contributed by atoms with van der Waals surface area (Å²) in [6.07, 6.45) is 0. The third-order valence-electron chi connectivity index (χ3n) is 5.52. The number of ether oxygens (including phenoxy) is 1. The molecule has 32 heavy (non-hydrogen) atoms. The molecule has 0 spiro atoms. The summed E-state index contributed by atoms with van der Waals surface area (Å²) >= 11 is 1.56. The number of thioether (sulfide) groups is 1. The van der Waals surface area contributed by atoms with Gasteiger partial charge in [-0.25, -0.2) is 9.97 Å². The second-order valence-electron chi connectivity index (χ2n) is 7.77. The summed E-state index contributed by atoms with van der Waals surface area (Å²) in [4.78, 5) is 37.5. The van der Waals surface area contributed by atoms with E-state index in [1.807, 2.05) is 43.0 Å². The van der Waals surface area contributed by atoms with Crippen molar-refractivity contribution in [2.24, 2.45) is 0 Å². The van der Waals surface area contributed by atoms with Gasteiger partial charge in [-0.3, -0.25) is 9.59 Å². The minimum Gasteiger partial charge on any atom is -0.383 e. The molecule has 0 saturated carbocycles. The second-order valence-corrected chi connectivity index (χ2v) is 8.71. The van der Waals surface area contributed by atoms with Crippen molar-refractivity contribution in [2.45, 2.75) is 31.7 Å². The van der Waals surface area contributed by atoms with Gasteiger partial charge in [-0.15, -0.1) is 0 Å². The zero-order valence-electron chi connectivity index (χ0n) is 19.2. The molecule has 1 aromatic carbocycles. The molecular formula is C23H31N5O3S. The predicted octanol–water partition coefficient (Wildman–Crippen LogP) is 2.43. The molecule has 0 atom stereocenters. The number of hydrogen-bond acceptors (Lipinski definition) is 7. The molecule has 2 amide bonds. The average molecular weight is 458 g/mol. The lowest BCUT2D eigenvalue weighted by Gasteiger charge is -2.35. The molecule has 1 N–H and O–H groups in total. The standard InChI is InChI=1S/C23H31N5O3S/c1-16-17(2)25-23(26-21(16)28-11-9-27(10-12-28)18(3)29)32-15-19-6-5-7-20(14-19)22(30)24-8-13-31-4/h5-7,14H,8-13,15H2,1-4H3,(H,24,30). The van der Waals surface area contributed by atoms with Crippen LogP contribution in [0.3, 0.4) is 0 Å². The van der Waals surface area contributed by atoms with E-state index in [-0.39, 0.29) is 11.8 Å². The number of piperazine rings is 1. The van der Waals surface area contributed by atoms with Crippen molar-refractivity contribution in [2.75, 3.05) is 51.3 Å². The number of amides is 2. The first-order valence-corrected chi connectivity index (χ1v) is 11.7. The summed E-state index contributed by atoms with van der Waals surface area (Å²) in [5, 5.41) is 3.56. The molecule has 2 aromatic rings. The SMILES string of the molecule is COCCNC(=O)c1cccc(CSc2nc(C)c(C)c(N3CCN(C(C)=O)CC3)n2)c1. The molecule has 1 fully saturated rings. The molecule has 1 aliphatic rings. The van der Waals surface area contributed by atoms with Crippen LogP contribution in [-0.4, -0.2) is 73.1 Å². The van der Waals surface area contributed by atoms with Crippen molar-refractivity contribution in [1.82, 2.24) is 20.2 Å². The number of nitrogens with one attached hydrogen (secondary N) is 1. The maximum absolute atomic E-state index is 12.3. The van der Waals surface area contributed by atoms with Gasteiger partial charge in [0.15, 0.2) is 5.16 Å². The number of rotatable bonds is 8. The van der Waals surface area contributed by atoms with E-state index in [9.17, 15) is 9.59 Å². The molecule has 172 valence electrons. The lowest BCUT2D eigenvalue weighted by molar-refractivity contribution is -0.129. The number of carbonyl (C=O) groups is 2. The third-order valence-corrected chi connectivity index (χ3v) is 6.43. The smallest absolute Gasteiger partial charge is 0.251 e. The van der Waals surface area contributed by atoms with Crippen molar-refractivity contribution in [3.8, 4) is 0 Å². The molecule has 1 aliphatic heterocycles. The van der Waals surface area contributed by atoms with E-state index in [4.69, 9.17) is 9.72 Å². The molecule has 0 bridgehead atoms. The third kappa shape index (κ3) is 6.20. The first kappa shape index (κ1) is 24.0. The minimum absolute atomic E-state index is 0.108. The molecule has 2 heterocycles. The molecule has 8 nitrogen and oxygen atoms in total. The molecule has 9 heteroatoms. The Balaban J connectivity index is 1.66. The number of nitrogens with zero attached hydrogens (tertiary/aromatic N) is 4. The molecular weight excluding hydrogens is 426 g/mol. The Morgan fingerprint density at radius 2 is 1.91 bits per heavy atom. The Morgan fingerprint density at radius 3 is 2.59 bits per heavy atom. The van der Waals surface area contributed by atoms with Gasteiger partial charge in [-0.05, 0) is 31.5 Å². The topological polar surface area (TPSA) is 87.7 Å². The Morgan fingerprint density at radius 1 is 1.16 bits per heavy atom. The van der Waals surface area contributed by atoms with Crippen molar-refractivity contribution >= 4 is 29.4 Å². The van der Waals surface area contributed by atoms with Gasteiger partial charge in [0.1, 0.15) is 5.82 Å². The van der Waals surface area contributed by atoms with Gasteiger partial charge in [0.05, 0.1) is 6.61 Å². The maximum Gasteiger partial charge on any atom is 0.251 e. The van der Waals surface area contributed by atoms with E-state index < -0.39 is 0 Å². The fraction of sp³-hybridized carbons (Fsp3) is 0.478. The lowest BCUT2D eigenvalue weighted by Crippen LogP contribution is -2.48. The van der Waals surface area contributed by atoms with Gasteiger partial charge in [0.2, 0.25) is 5.91 Å². The van der Waals surface area contributed by atoms with E-state index >= 15 is 0 Å². The fourth-order valence-electron chi connectivity index (χ4n) is 3.51. The molecule has 0 radical (unpaired) electrons. The molecule has 0 aliphatic carbocycles. The highest BCUT2D eigenvalue weighted by atomic mass is 32.2. The summed E-state index contributed by atoms with van der Waals surface area (Å²) in [7, 11) is 1.61. The van der Waals surface area contributed by atoms with Crippen LogP contribution < -0.4 is 10.2 Å². The van der Waals surface area contributed by atoms with Crippen LogP contribution in [0.25, 0.3) is 0 Å². The second kappa shape index (κ2) is 11.3. The summed E-state index contributed by atoms with van der Waals surface area (Å²) in [6.45, 7) is 9.57. The number of hydrogen-bond donors (Lipinski definition) is 1. The van der Waals surface area contributed by atoms with E-state index in [1.165, 1.54) is 0 Å². The fourth-order valence-corrected chi connectivity index (χ4v) is 4.34. The Labute approximate surface area is 193 Å². The minimum atomic E-state index is -0.108. The van der Waals surface area contributed by atoms with Crippen molar-refractivity contribution in [3.63, 3.8) is 0 Å². The number of aromatic nitrogens is 2. The number of anilines is 1. The maximum atomic E-state index is 12.3. The van der Waals surface area contributed by atoms with Gasteiger partial charge >= 0.3 is 0 Å². The molecule has 3 rings (SSSR count). The normalized spacial score (nSPS) is 13.9. The first-order chi connectivity index (χ1) is 15.4. The quantitative estimate of drug-likeness (QED) is 0.370. The van der Waals surface area contributed by atoms with Gasteiger partial charge in [0.25, 0.3) is 5.91 Å². The van der Waals surface area contributed by atoms with Crippen molar-refractivity contribution in [3.05, 3.63) is 46.6 Å². The highest BCUT2D eigenvalue weighted by molar-refractivity contribution is 7.98. The average Bonchev–Trinajstić information content (AvgIpc) is 2.80. The van der Waals surface area contributed by atoms with E-state index in [0.29, 0.717) is 42.7 Å². The van der Waals surface area contributed by atoms with E-state index in [0.717, 1.165) is 35.7 Å². The number of aryl methyl sites for hydroxylation is 1. The van der Waals surface area contributed by atoms with Crippen molar-refractivity contribution in [1.29, 1.82) is 0 Å². The van der Waals surface area contributed by atoms with Crippen LogP contribution in [0.15, 0.2) is 29.4 Å². The van der Waals surface area contributed by atoms with Crippen LogP contribution in [0.5, 0.6) is 0 Å². The Kier molecular flexibility index (Phi) is 8.46. The number of methoxy groups -OCH3 is 1. The highest BCUT2D eigenvalue weighted by Crippen LogP contribution is 2.27. The van der Waals surface area contributed by atoms with Crippen LogP contribution in [0.1, 0.15) is 34.1 Å². The highest BCUT2D eigenvalue weighted by Gasteiger charge is 2.22. The molecule has 1 aromatic heterocycles. The summed E-state index contributed by atoms with van der Waals surface area (Å²) in [6, 6.07) is 7.60. The van der Waals surface area contributed by atoms with Crippen LogP contribution in [0, 0.1) is 13.8 Å². The summed E-state index contributed by atoms with van der Waals surface area (Å²) < 4.78 is 4.97. The van der Waals surface area contributed by atoms with Crippen molar-refractivity contribution < 1.29 is 14.3 Å². The van der Waals surface area contributed by atoms with Crippen LogP contribution in [0.2, 0.25) is 0 Å². The van der Waals surface area contributed by atoms with Crippen LogP contribution >= 0.6 is 11.8 Å². The van der Waals surface area contributed by atoms with Crippen LogP contribution in [-0.2, 0) is 15.3 Å². The molecule has 0 unspecified atom stereocenters. The first-order valence-electron chi connectivity index (χ1n) is 10.7. The monoisotopic (exact) mass is 457 g/mol. The molecule has 1 saturated heterocycles. The zero-order valence-corrected chi connectivity index (χ0v) is 20.0. The predicted molar refractivity (Wildman–Crippen MR) is 126 cm³/mol. The van der Waals surface area contributed by atoms with Gasteiger partial charge < -0.3 is 19.9 Å². The van der Waals surface area contributed by atoms with Gasteiger partial charge in [0, 0.05) is 69.3 Å². The summed E-state index contributed by atoms with van der Waals surface area (Å²) in [5.41, 5.74) is 3.69. The Hall–Kier alpha value is -2.65. The summed E-state index contributed by atoms with van der Waals surface area (Å²) in [5.74, 6) is 1.61. The number of benzene rings is 1. The Bertz CT molecular complexity index is 961. The van der Waals surface area contributed by atoms with Gasteiger partial charge in [-0.2, -0.15) is 0 Å². The largest absolute Gasteiger partial charge is 0.383 e. The zero-order chi connectivity index (χ0) is 23.1. The van der Waals surface area contributed by atoms with Gasteiger partial charge in [-0.1, -0.05) is 23.9 Å².